The number of aliphatic hydroxyl groups excluding tert-OH is 1. The van der Waals surface area contributed by atoms with E-state index < -0.39 is 11.6 Å². The minimum absolute atomic E-state index is 0.0984. The molecule has 5 heteroatoms. The molecule has 0 aliphatic rings. The highest BCUT2D eigenvalue weighted by Gasteiger charge is 2.11. The third-order valence-electron chi connectivity index (χ3n) is 2.68. The van der Waals surface area contributed by atoms with Gasteiger partial charge < -0.3 is 10.4 Å². The molecule has 18 heavy (non-hydrogen) atoms. The lowest BCUT2D eigenvalue weighted by molar-refractivity contribution is -0.121. The van der Waals surface area contributed by atoms with E-state index in [-0.39, 0.29) is 18.4 Å². The Balaban J connectivity index is 2.56. The molecule has 0 radical (unpaired) electrons. The lowest BCUT2D eigenvalue weighted by Crippen LogP contribution is -2.31. The van der Waals surface area contributed by atoms with Crippen LogP contribution in [0.25, 0.3) is 0 Å². The molecule has 0 aliphatic carbocycles. The van der Waals surface area contributed by atoms with Crippen LogP contribution in [0.15, 0.2) is 18.2 Å². The first kappa shape index (κ1) is 14.6. The topological polar surface area (TPSA) is 49.3 Å². The van der Waals surface area contributed by atoms with Gasteiger partial charge in [-0.1, -0.05) is 13.0 Å². The summed E-state index contributed by atoms with van der Waals surface area (Å²) in [4.78, 5) is 11.1. The van der Waals surface area contributed by atoms with Gasteiger partial charge in [0, 0.05) is 25.5 Å². The summed E-state index contributed by atoms with van der Waals surface area (Å²) < 4.78 is 25.7. The SMILES string of the molecule is CCC(=O)NCC(CO)Cc1ccc(F)c(F)c1. The summed E-state index contributed by atoms with van der Waals surface area (Å²) in [6, 6.07) is 3.64. The maximum absolute atomic E-state index is 13.0. The van der Waals surface area contributed by atoms with E-state index in [0.717, 1.165) is 12.1 Å². The summed E-state index contributed by atoms with van der Waals surface area (Å²) in [6.07, 6.45) is 0.765. The van der Waals surface area contributed by atoms with Crippen LogP contribution in [0.2, 0.25) is 0 Å². The van der Waals surface area contributed by atoms with E-state index in [9.17, 15) is 18.7 Å². The molecule has 1 amide bonds. The molecule has 2 N–H and O–H groups in total. The van der Waals surface area contributed by atoms with Crippen molar-refractivity contribution in [3.05, 3.63) is 35.4 Å². The van der Waals surface area contributed by atoms with Crippen molar-refractivity contribution in [3.63, 3.8) is 0 Å². The van der Waals surface area contributed by atoms with E-state index in [1.54, 1.807) is 6.92 Å². The number of halogens is 2. The molecular formula is C13H17F2NO2. The van der Waals surface area contributed by atoms with E-state index in [1.165, 1.54) is 6.07 Å². The molecule has 3 nitrogen and oxygen atoms in total. The van der Waals surface area contributed by atoms with E-state index in [0.29, 0.717) is 24.9 Å². The number of carbonyl (C=O) groups excluding carboxylic acids is 1. The fourth-order valence-corrected chi connectivity index (χ4v) is 1.58. The van der Waals surface area contributed by atoms with Crippen LogP contribution in [-0.4, -0.2) is 24.2 Å². The fraction of sp³-hybridized carbons (Fsp3) is 0.462. The second-order valence-electron chi connectivity index (χ2n) is 4.16. The van der Waals surface area contributed by atoms with Crippen LogP contribution in [0.3, 0.4) is 0 Å². The summed E-state index contributed by atoms with van der Waals surface area (Å²) in [5.74, 6) is -2.09. The van der Waals surface area contributed by atoms with Crippen LogP contribution in [0.1, 0.15) is 18.9 Å². The molecule has 0 bridgehead atoms. The standard InChI is InChI=1S/C13H17F2NO2/c1-2-13(18)16-7-10(8-17)5-9-3-4-11(14)12(15)6-9/h3-4,6,10,17H,2,5,7-8H2,1H3,(H,16,18). The highest BCUT2D eigenvalue weighted by atomic mass is 19.2. The van der Waals surface area contributed by atoms with Crippen molar-refractivity contribution in [1.82, 2.24) is 5.32 Å². The predicted octanol–water partition coefficient (Wildman–Crippen LogP) is 1.64. The zero-order valence-electron chi connectivity index (χ0n) is 10.2. The number of benzene rings is 1. The summed E-state index contributed by atoms with van der Waals surface area (Å²) in [7, 11) is 0. The van der Waals surface area contributed by atoms with Crippen LogP contribution in [0, 0.1) is 17.6 Å². The molecule has 1 aromatic rings. The third kappa shape index (κ3) is 4.41. The molecule has 0 aromatic heterocycles. The zero-order valence-corrected chi connectivity index (χ0v) is 10.2. The van der Waals surface area contributed by atoms with E-state index in [4.69, 9.17) is 0 Å². The lowest BCUT2D eigenvalue weighted by atomic mass is 10.00. The Morgan fingerprint density at radius 3 is 2.67 bits per heavy atom. The highest BCUT2D eigenvalue weighted by Crippen LogP contribution is 2.12. The average molecular weight is 257 g/mol. The zero-order chi connectivity index (χ0) is 13.5. The molecule has 0 heterocycles. The van der Waals surface area contributed by atoms with Crippen molar-refractivity contribution < 1.29 is 18.7 Å². The molecule has 0 saturated carbocycles. The smallest absolute Gasteiger partial charge is 0.219 e. The summed E-state index contributed by atoms with van der Waals surface area (Å²) in [6.45, 7) is 1.93. The Morgan fingerprint density at radius 2 is 2.11 bits per heavy atom. The number of aliphatic hydroxyl groups is 1. The molecule has 100 valence electrons. The van der Waals surface area contributed by atoms with Gasteiger partial charge in [0.2, 0.25) is 5.91 Å². The molecule has 1 atom stereocenters. The molecule has 0 fully saturated rings. The van der Waals surface area contributed by atoms with Crippen molar-refractivity contribution in [2.45, 2.75) is 19.8 Å². The number of carbonyl (C=O) groups is 1. The van der Waals surface area contributed by atoms with Gasteiger partial charge in [-0.15, -0.1) is 0 Å². The minimum atomic E-state index is -0.901. The first-order valence-corrected chi connectivity index (χ1v) is 5.88. The Morgan fingerprint density at radius 1 is 1.39 bits per heavy atom. The molecule has 0 spiro atoms. The lowest BCUT2D eigenvalue weighted by Gasteiger charge is -2.15. The first-order chi connectivity index (χ1) is 8.56. The monoisotopic (exact) mass is 257 g/mol. The van der Waals surface area contributed by atoms with Crippen LogP contribution in [0.5, 0.6) is 0 Å². The van der Waals surface area contributed by atoms with E-state index in [1.807, 2.05) is 0 Å². The van der Waals surface area contributed by atoms with Crippen molar-refractivity contribution >= 4 is 5.91 Å². The molecule has 1 rings (SSSR count). The fourth-order valence-electron chi connectivity index (χ4n) is 1.58. The van der Waals surface area contributed by atoms with Gasteiger partial charge in [-0.2, -0.15) is 0 Å². The van der Waals surface area contributed by atoms with Crippen molar-refractivity contribution in [2.75, 3.05) is 13.2 Å². The quantitative estimate of drug-likeness (QED) is 0.814. The van der Waals surface area contributed by atoms with Crippen LogP contribution < -0.4 is 5.32 Å². The van der Waals surface area contributed by atoms with Gasteiger partial charge in [0.05, 0.1) is 0 Å². The van der Waals surface area contributed by atoms with Gasteiger partial charge >= 0.3 is 0 Å². The van der Waals surface area contributed by atoms with Gasteiger partial charge in [0.15, 0.2) is 11.6 Å². The maximum Gasteiger partial charge on any atom is 0.219 e. The minimum Gasteiger partial charge on any atom is -0.396 e. The second-order valence-corrected chi connectivity index (χ2v) is 4.16. The predicted molar refractivity (Wildman–Crippen MR) is 63.9 cm³/mol. The van der Waals surface area contributed by atoms with Gasteiger partial charge in [-0.25, -0.2) is 8.78 Å². The number of hydrogen-bond acceptors (Lipinski definition) is 2. The summed E-state index contributed by atoms with van der Waals surface area (Å²) >= 11 is 0. The van der Waals surface area contributed by atoms with E-state index in [2.05, 4.69) is 5.32 Å². The number of nitrogens with one attached hydrogen (secondary N) is 1. The van der Waals surface area contributed by atoms with E-state index >= 15 is 0 Å². The number of rotatable bonds is 6. The van der Waals surface area contributed by atoms with Crippen molar-refractivity contribution in [1.29, 1.82) is 0 Å². The summed E-state index contributed by atoms with van der Waals surface area (Å²) in [5, 5.41) is 11.8. The van der Waals surface area contributed by atoms with Crippen molar-refractivity contribution in [2.24, 2.45) is 5.92 Å². The molecule has 1 unspecified atom stereocenters. The molecule has 0 saturated heterocycles. The third-order valence-corrected chi connectivity index (χ3v) is 2.68. The Labute approximate surface area is 105 Å². The highest BCUT2D eigenvalue weighted by molar-refractivity contribution is 5.75. The van der Waals surface area contributed by atoms with Crippen LogP contribution in [0.4, 0.5) is 8.78 Å². The number of amides is 1. The molecule has 1 aromatic carbocycles. The first-order valence-electron chi connectivity index (χ1n) is 5.88. The summed E-state index contributed by atoms with van der Waals surface area (Å²) in [5.41, 5.74) is 0.596. The second kappa shape index (κ2) is 7.06. The molecular weight excluding hydrogens is 240 g/mol. The maximum atomic E-state index is 13.0. The average Bonchev–Trinajstić information content (AvgIpc) is 2.38. The normalized spacial score (nSPS) is 12.2. The largest absolute Gasteiger partial charge is 0.396 e. The van der Waals surface area contributed by atoms with Crippen molar-refractivity contribution in [3.8, 4) is 0 Å². The Kier molecular flexibility index (Phi) is 5.71. The number of hydrogen-bond donors (Lipinski definition) is 2. The van der Waals surface area contributed by atoms with Gasteiger partial charge in [0.1, 0.15) is 0 Å². The Bertz CT molecular complexity index is 410. The van der Waals surface area contributed by atoms with Crippen LogP contribution >= 0.6 is 0 Å². The van der Waals surface area contributed by atoms with Crippen LogP contribution in [-0.2, 0) is 11.2 Å². The molecule has 0 aliphatic heterocycles. The van der Waals surface area contributed by atoms with Gasteiger partial charge in [0.25, 0.3) is 0 Å². The van der Waals surface area contributed by atoms with Gasteiger partial charge in [-0.3, -0.25) is 4.79 Å². The Hall–Kier alpha value is -1.49. The van der Waals surface area contributed by atoms with Gasteiger partial charge in [-0.05, 0) is 24.1 Å².